The Bertz CT molecular complexity index is 1100. The van der Waals surface area contributed by atoms with Gasteiger partial charge in [0.05, 0.1) is 32.0 Å². The number of hydrogen-bond donors (Lipinski definition) is 1. The first-order valence-corrected chi connectivity index (χ1v) is 13.5. The number of benzene rings is 2. The van der Waals surface area contributed by atoms with Crippen LogP contribution in [0.2, 0.25) is 0 Å². The molecule has 9 heteroatoms. The van der Waals surface area contributed by atoms with Gasteiger partial charge in [0, 0.05) is 48.7 Å². The van der Waals surface area contributed by atoms with Gasteiger partial charge < -0.3 is 14.8 Å². The van der Waals surface area contributed by atoms with Crippen molar-refractivity contribution >= 4 is 35.0 Å². The average molecular weight is 511 g/mol. The van der Waals surface area contributed by atoms with E-state index in [1.807, 2.05) is 68.1 Å². The number of anilines is 1. The Labute approximate surface area is 217 Å². The molecular formula is C27H34N4O4S. The number of carbonyl (C=O) groups is 2. The lowest BCUT2D eigenvalue weighted by molar-refractivity contribution is -0.132. The fourth-order valence-corrected chi connectivity index (χ4v) is 5.14. The summed E-state index contributed by atoms with van der Waals surface area (Å²) in [6.45, 7) is 6.62. The average Bonchev–Trinajstić information content (AvgIpc) is 2.86. The second-order valence-corrected chi connectivity index (χ2v) is 10.4. The number of rotatable bonds is 9. The molecule has 192 valence electrons. The number of amides is 2. The summed E-state index contributed by atoms with van der Waals surface area (Å²) in [4.78, 5) is 27.2. The summed E-state index contributed by atoms with van der Waals surface area (Å²) >= 11 is 1.93. The van der Waals surface area contributed by atoms with E-state index < -0.39 is 0 Å². The van der Waals surface area contributed by atoms with Crippen LogP contribution in [0.3, 0.4) is 0 Å². The summed E-state index contributed by atoms with van der Waals surface area (Å²) in [5.41, 5.74) is 3.44. The maximum Gasteiger partial charge on any atom is 0.243 e. The second-order valence-electron chi connectivity index (χ2n) is 9.16. The minimum Gasteiger partial charge on any atom is -0.493 e. The third-order valence-corrected chi connectivity index (χ3v) is 6.95. The van der Waals surface area contributed by atoms with Gasteiger partial charge in [0.2, 0.25) is 11.8 Å². The van der Waals surface area contributed by atoms with E-state index in [0.717, 1.165) is 47.1 Å². The molecule has 2 amide bonds. The number of ether oxygens (including phenoxy) is 2. The lowest BCUT2D eigenvalue weighted by atomic mass is 10.0. The third-order valence-electron chi connectivity index (χ3n) is 6.01. The van der Waals surface area contributed by atoms with Crippen molar-refractivity contribution in [3.63, 3.8) is 0 Å². The molecule has 0 saturated carbocycles. The zero-order chi connectivity index (χ0) is 25.5. The van der Waals surface area contributed by atoms with Gasteiger partial charge in [-0.3, -0.25) is 14.5 Å². The molecule has 2 aliphatic rings. The lowest BCUT2D eigenvalue weighted by Crippen LogP contribution is -2.38. The van der Waals surface area contributed by atoms with Gasteiger partial charge in [-0.05, 0) is 49.7 Å². The predicted molar refractivity (Wildman–Crippen MR) is 144 cm³/mol. The number of methoxy groups -OCH3 is 1. The molecule has 2 aliphatic heterocycles. The van der Waals surface area contributed by atoms with Crippen LogP contribution in [0.4, 0.5) is 5.69 Å². The first-order valence-electron chi connectivity index (χ1n) is 12.3. The molecule has 4 rings (SSSR count). The van der Waals surface area contributed by atoms with Crippen molar-refractivity contribution in [2.75, 3.05) is 43.6 Å². The Hall–Kier alpha value is -3.04. The second kappa shape index (κ2) is 12.3. The van der Waals surface area contributed by atoms with Crippen LogP contribution in [0.5, 0.6) is 11.5 Å². The van der Waals surface area contributed by atoms with Crippen molar-refractivity contribution < 1.29 is 19.1 Å². The van der Waals surface area contributed by atoms with Crippen LogP contribution in [0.1, 0.15) is 37.8 Å². The van der Waals surface area contributed by atoms with Gasteiger partial charge in [0.15, 0.2) is 11.5 Å². The minimum absolute atomic E-state index is 0.00425. The van der Waals surface area contributed by atoms with Crippen LogP contribution in [0.15, 0.2) is 47.6 Å². The largest absolute Gasteiger partial charge is 0.493 e. The third kappa shape index (κ3) is 7.01. The Morgan fingerprint density at radius 2 is 1.83 bits per heavy atom. The highest BCUT2D eigenvalue weighted by Gasteiger charge is 2.23. The van der Waals surface area contributed by atoms with Gasteiger partial charge in [-0.25, -0.2) is 5.01 Å². The van der Waals surface area contributed by atoms with E-state index in [2.05, 4.69) is 15.3 Å². The normalized spacial score (nSPS) is 16.6. The van der Waals surface area contributed by atoms with Crippen LogP contribution >= 0.6 is 11.8 Å². The lowest BCUT2D eigenvalue weighted by Gasteiger charge is -2.25. The van der Waals surface area contributed by atoms with Crippen LogP contribution in [-0.4, -0.2) is 71.8 Å². The van der Waals surface area contributed by atoms with Gasteiger partial charge in [0.25, 0.3) is 0 Å². The maximum atomic E-state index is 12.6. The standard InChI is InChI=1S/C27H34N4O4S/c1-19(2)35-25-16-21(6-10-24(25)34-3)23-9-11-27(33)31(29-23)17-20-4-7-22(8-5-20)28-26(32)18-30-12-14-36-15-13-30/h4-8,10,16,19H,9,11-15,17-18H2,1-3H3,(H,28,32). The zero-order valence-corrected chi connectivity index (χ0v) is 22.0. The Morgan fingerprint density at radius 3 is 2.53 bits per heavy atom. The number of carbonyl (C=O) groups excluding carboxylic acids is 2. The summed E-state index contributed by atoms with van der Waals surface area (Å²) in [6.07, 6.45) is 0.981. The smallest absolute Gasteiger partial charge is 0.243 e. The SMILES string of the molecule is COc1ccc(C2=NN(Cc3ccc(NC(=O)CN4CCSCC4)cc3)C(=O)CC2)cc1OC(C)C. The molecule has 0 aromatic heterocycles. The topological polar surface area (TPSA) is 83.5 Å². The molecule has 36 heavy (non-hydrogen) atoms. The molecule has 0 radical (unpaired) electrons. The zero-order valence-electron chi connectivity index (χ0n) is 21.2. The van der Waals surface area contributed by atoms with Crippen LogP contribution in [0.25, 0.3) is 0 Å². The molecule has 2 aromatic rings. The molecule has 1 saturated heterocycles. The molecule has 2 heterocycles. The molecule has 0 bridgehead atoms. The Morgan fingerprint density at radius 1 is 1.08 bits per heavy atom. The first-order chi connectivity index (χ1) is 17.4. The van der Waals surface area contributed by atoms with E-state index in [9.17, 15) is 9.59 Å². The summed E-state index contributed by atoms with van der Waals surface area (Å²) in [7, 11) is 1.62. The number of thioether (sulfide) groups is 1. The highest BCUT2D eigenvalue weighted by atomic mass is 32.2. The van der Waals surface area contributed by atoms with Crippen molar-refractivity contribution in [3.05, 3.63) is 53.6 Å². The molecule has 8 nitrogen and oxygen atoms in total. The summed E-state index contributed by atoms with van der Waals surface area (Å²) in [5, 5.41) is 9.16. The molecule has 2 aromatic carbocycles. The molecular weight excluding hydrogens is 476 g/mol. The molecule has 0 aliphatic carbocycles. The van der Waals surface area contributed by atoms with Crippen molar-refractivity contribution in [3.8, 4) is 11.5 Å². The van der Waals surface area contributed by atoms with E-state index >= 15 is 0 Å². The van der Waals surface area contributed by atoms with Gasteiger partial charge >= 0.3 is 0 Å². The quantitative estimate of drug-likeness (QED) is 0.549. The van der Waals surface area contributed by atoms with Gasteiger partial charge in [-0.15, -0.1) is 0 Å². The van der Waals surface area contributed by atoms with Gasteiger partial charge in [-0.1, -0.05) is 12.1 Å². The molecule has 1 fully saturated rings. The Balaban J connectivity index is 1.40. The molecule has 0 spiro atoms. The van der Waals surface area contributed by atoms with E-state index in [4.69, 9.17) is 9.47 Å². The van der Waals surface area contributed by atoms with Crippen molar-refractivity contribution in [1.29, 1.82) is 0 Å². The summed E-state index contributed by atoms with van der Waals surface area (Å²) < 4.78 is 11.3. The highest BCUT2D eigenvalue weighted by molar-refractivity contribution is 7.99. The first kappa shape index (κ1) is 26.0. The minimum atomic E-state index is -0.0111. The van der Waals surface area contributed by atoms with E-state index in [1.165, 1.54) is 5.01 Å². The van der Waals surface area contributed by atoms with Crippen LogP contribution in [-0.2, 0) is 16.1 Å². The van der Waals surface area contributed by atoms with Gasteiger partial charge in [-0.2, -0.15) is 16.9 Å². The fraction of sp³-hybridized carbons (Fsp3) is 0.444. The molecule has 1 N–H and O–H groups in total. The predicted octanol–water partition coefficient (Wildman–Crippen LogP) is 4.00. The van der Waals surface area contributed by atoms with E-state index in [-0.39, 0.29) is 17.9 Å². The highest BCUT2D eigenvalue weighted by Crippen LogP contribution is 2.30. The Kier molecular flexibility index (Phi) is 8.88. The summed E-state index contributed by atoms with van der Waals surface area (Å²) in [5.74, 6) is 3.46. The summed E-state index contributed by atoms with van der Waals surface area (Å²) in [6, 6.07) is 13.3. The van der Waals surface area contributed by atoms with Crippen LogP contribution < -0.4 is 14.8 Å². The molecule has 0 atom stereocenters. The number of hydrogen-bond acceptors (Lipinski definition) is 7. The van der Waals surface area contributed by atoms with E-state index in [1.54, 1.807) is 7.11 Å². The maximum absolute atomic E-state index is 12.6. The van der Waals surface area contributed by atoms with E-state index in [0.29, 0.717) is 37.4 Å². The number of hydrazone groups is 1. The van der Waals surface area contributed by atoms with Crippen molar-refractivity contribution in [1.82, 2.24) is 9.91 Å². The molecule has 0 unspecified atom stereocenters. The van der Waals surface area contributed by atoms with Crippen molar-refractivity contribution in [2.24, 2.45) is 5.10 Å². The van der Waals surface area contributed by atoms with Crippen molar-refractivity contribution in [2.45, 2.75) is 39.3 Å². The monoisotopic (exact) mass is 510 g/mol. The number of nitrogens with zero attached hydrogens (tertiary/aromatic N) is 3. The number of nitrogens with one attached hydrogen (secondary N) is 1. The fourth-order valence-electron chi connectivity index (χ4n) is 4.16. The van der Waals surface area contributed by atoms with Crippen LogP contribution in [0, 0.1) is 0 Å². The van der Waals surface area contributed by atoms with Gasteiger partial charge in [0.1, 0.15) is 0 Å².